The van der Waals surface area contributed by atoms with Crippen LogP contribution in [0.15, 0.2) is 54.6 Å². The first kappa shape index (κ1) is 21.3. The van der Waals surface area contributed by atoms with Gasteiger partial charge in [-0.2, -0.15) is 0 Å². The Morgan fingerprint density at radius 1 is 1.13 bits per heavy atom. The molecule has 8 heteroatoms. The van der Waals surface area contributed by atoms with Crippen LogP contribution in [-0.4, -0.2) is 46.6 Å². The van der Waals surface area contributed by atoms with Gasteiger partial charge in [0.25, 0.3) is 0 Å². The highest BCUT2D eigenvalue weighted by atomic mass is 19.1. The van der Waals surface area contributed by atoms with E-state index in [9.17, 15) is 23.9 Å². The molecule has 2 amide bonds. The lowest BCUT2D eigenvalue weighted by Gasteiger charge is -2.25. The van der Waals surface area contributed by atoms with Gasteiger partial charge in [0.05, 0.1) is 0 Å². The molecular weight excluding hydrogens is 391 g/mol. The predicted molar refractivity (Wildman–Crippen MR) is 106 cm³/mol. The number of amides is 2. The smallest absolute Gasteiger partial charge is 0.410 e. The molecular formula is C22H23FN2O5. The minimum Gasteiger partial charge on any atom is -0.480 e. The Hall–Kier alpha value is -3.42. The van der Waals surface area contributed by atoms with Crippen LogP contribution in [0.3, 0.4) is 0 Å². The highest BCUT2D eigenvalue weighted by Gasteiger charge is 2.36. The fraction of sp³-hybridized carbons (Fsp3) is 0.318. The molecule has 30 heavy (non-hydrogen) atoms. The first-order chi connectivity index (χ1) is 14.5. The van der Waals surface area contributed by atoms with Crippen molar-refractivity contribution in [2.24, 2.45) is 0 Å². The average Bonchev–Trinajstić information content (AvgIpc) is 3.24. The van der Waals surface area contributed by atoms with Gasteiger partial charge in [0.1, 0.15) is 24.5 Å². The number of ether oxygens (including phenoxy) is 1. The maximum Gasteiger partial charge on any atom is 0.410 e. The molecule has 2 aromatic rings. The zero-order chi connectivity index (χ0) is 21.5. The van der Waals surface area contributed by atoms with Gasteiger partial charge in [-0.1, -0.05) is 48.5 Å². The second-order valence-corrected chi connectivity index (χ2v) is 7.09. The number of carboxylic acids is 1. The summed E-state index contributed by atoms with van der Waals surface area (Å²) in [6.45, 7) is 0.423. The summed E-state index contributed by atoms with van der Waals surface area (Å²) in [5.74, 6) is -2.40. The van der Waals surface area contributed by atoms with E-state index in [2.05, 4.69) is 5.32 Å². The summed E-state index contributed by atoms with van der Waals surface area (Å²) in [7, 11) is 0. The fourth-order valence-corrected chi connectivity index (χ4v) is 3.41. The topological polar surface area (TPSA) is 95.9 Å². The van der Waals surface area contributed by atoms with Crippen LogP contribution in [0.2, 0.25) is 0 Å². The van der Waals surface area contributed by atoms with E-state index >= 15 is 0 Å². The Kier molecular flexibility index (Phi) is 7.00. The van der Waals surface area contributed by atoms with Gasteiger partial charge in [0.2, 0.25) is 5.91 Å². The molecule has 0 radical (unpaired) electrons. The number of carbonyl (C=O) groups excluding carboxylic acids is 2. The van der Waals surface area contributed by atoms with E-state index in [0.29, 0.717) is 19.4 Å². The highest BCUT2D eigenvalue weighted by molar-refractivity contribution is 5.89. The standard InChI is InChI=1S/C22H23FN2O5/c23-17-10-5-4-9-16(17)13-18(21(27)28)24-20(26)19-11-6-12-25(19)22(29)30-14-15-7-2-1-3-8-15/h1-5,7-10,18-19H,6,11-14H2,(H,24,26)(H,27,28)/t18-,19+/m0/s1. The van der Waals surface area contributed by atoms with Crippen LogP contribution in [0.5, 0.6) is 0 Å². The molecule has 1 aliphatic heterocycles. The van der Waals surface area contributed by atoms with Crippen molar-refractivity contribution in [2.75, 3.05) is 6.54 Å². The molecule has 7 nitrogen and oxygen atoms in total. The van der Waals surface area contributed by atoms with Crippen LogP contribution in [0, 0.1) is 5.82 Å². The van der Waals surface area contributed by atoms with Gasteiger partial charge in [0, 0.05) is 13.0 Å². The molecule has 0 unspecified atom stereocenters. The largest absolute Gasteiger partial charge is 0.480 e. The average molecular weight is 414 g/mol. The van der Waals surface area contributed by atoms with Gasteiger partial charge >= 0.3 is 12.1 Å². The number of nitrogens with one attached hydrogen (secondary N) is 1. The molecule has 2 aromatic carbocycles. The zero-order valence-corrected chi connectivity index (χ0v) is 16.3. The number of aliphatic carboxylic acids is 1. The van der Waals surface area contributed by atoms with E-state index in [1.54, 1.807) is 6.07 Å². The number of carbonyl (C=O) groups is 3. The molecule has 0 aliphatic carbocycles. The van der Waals surface area contributed by atoms with Crippen LogP contribution in [-0.2, 0) is 27.4 Å². The number of nitrogens with zero attached hydrogens (tertiary/aromatic N) is 1. The maximum atomic E-state index is 13.9. The first-order valence-corrected chi connectivity index (χ1v) is 9.69. The molecule has 0 aromatic heterocycles. The van der Waals surface area contributed by atoms with Gasteiger partial charge in [0.15, 0.2) is 0 Å². The van der Waals surface area contributed by atoms with E-state index in [0.717, 1.165) is 5.56 Å². The minimum absolute atomic E-state index is 0.0789. The van der Waals surface area contributed by atoms with Crippen LogP contribution in [0.1, 0.15) is 24.0 Å². The number of halogens is 1. The number of hydrogen-bond acceptors (Lipinski definition) is 4. The Labute approximate surface area is 173 Å². The summed E-state index contributed by atoms with van der Waals surface area (Å²) in [5.41, 5.74) is 1.01. The molecule has 0 spiro atoms. The Morgan fingerprint density at radius 2 is 1.83 bits per heavy atom. The first-order valence-electron chi connectivity index (χ1n) is 9.69. The van der Waals surface area contributed by atoms with Gasteiger partial charge in [-0.05, 0) is 30.0 Å². The van der Waals surface area contributed by atoms with Crippen molar-refractivity contribution in [3.63, 3.8) is 0 Å². The summed E-state index contributed by atoms with van der Waals surface area (Å²) >= 11 is 0. The van der Waals surface area contributed by atoms with Crippen LogP contribution < -0.4 is 5.32 Å². The highest BCUT2D eigenvalue weighted by Crippen LogP contribution is 2.20. The lowest BCUT2D eigenvalue weighted by atomic mass is 10.0. The fourth-order valence-electron chi connectivity index (χ4n) is 3.41. The van der Waals surface area contributed by atoms with Gasteiger partial charge < -0.3 is 15.2 Å². The quantitative estimate of drug-likeness (QED) is 0.726. The number of likely N-dealkylation sites (tertiary alicyclic amines) is 1. The third-order valence-corrected chi connectivity index (χ3v) is 4.99. The molecule has 1 heterocycles. The van der Waals surface area contributed by atoms with Gasteiger partial charge in [-0.15, -0.1) is 0 Å². The Balaban J connectivity index is 1.61. The SMILES string of the molecule is O=C(O)[C@H](Cc1ccccc1F)NC(=O)[C@H]1CCCN1C(=O)OCc1ccccc1. The zero-order valence-electron chi connectivity index (χ0n) is 16.3. The van der Waals surface area contributed by atoms with Crippen LogP contribution >= 0.6 is 0 Å². The molecule has 1 aliphatic rings. The lowest BCUT2D eigenvalue weighted by Crippen LogP contribution is -2.51. The molecule has 1 saturated heterocycles. The second-order valence-electron chi connectivity index (χ2n) is 7.09. The van der Waals surface area contributed by atoms with E-state index < -0.39 is 35.9 Å². The molecule has 1 fully saturated rings. The molecule has 0 saturated carbocycles. The summed E-state index contributed by atoms with van der Waals surface area (Å²) in [6, 6.07) is 12.8. The van der Waals surface area contributed by atoms with Crippen LogP contribution in [0.4, 0.5) is 9.18 Å². The Bertz CT molecular complexity index is 905. The van der Waals surface area contributed by atoms with E-state index in [-0.39, 0.29) is 18.6 Å². The molecule has 3 rings (SSSR count). The Morgan fingerprint density at radius 3 is 2.53 bits per heavy atom. The van der Waals surface area contributed by atoms with Crippen molar-refractivity contribution in [1.29, 1.82) is 0 Å². The van der Waals surface area contributed by atoms with E-state index in [1.165, 1.54) is 23.1 Å². The number of hydrogen-bond donors (Lipinski definition) is 2. The van der Waals surface area contributed by atoms with Crippen molar-refractivity contribution in [3.8, 4) is 0 Å². The summed E-state index contributed by atoms with van der Waals surface area (Å²) in [6.07, 6.45) is 0.179. The predicted octanol–water partition coefficient (Wildman–Crippen LogP) is 2.74. The van der Waals surface area contributed by atoms with Gasteiger partial charge in [-0.3, -0.25) is 9.69 Å². The molecule has 0 bridgehead atoms. The van der Waals surface area contributed by atoms with Gasteiger partial charge in [-0.25, -0.2) is 14.0 Å². The van der Waals surface area contributed by atoms with E-state index in [4.69, 9.17) is 4.74 Å². The van der Waals surface area contributed by atoms with E-state index in [1.807, 2.05) is 30.3 Å². The number of carboxylic acid groups (broad SMARTS) is 1. The summed E-state index contributed by atoms with van der Waals surface area (Å²) in [4.78, 5) is 38.1. The normalized spacial score (nSPS) is 16.7. The van der Waals surface area contributed by atoms with Crippen molar-refractivity contribution < 1.29 is 28.6 Å². The second kappa shape index (κ2) is 9.87. The minimum atomic E-state index is -1.31. The third-order valence-electron chi connectivity index (χ3n) is 4.99. The van der Waals surface area contributed by atoms with Crippen molar-refractivity contribution in [2.45, 2.75) is 38.0 Å². The monoisotopic (exact) mass is 414 g/mol. The van der Waals surface area contributed by atoms with Crippen molar-refractivity contribution >= 4 is 18.0 Å². The molecule has 2 atom stereocenters. The third kappa shape index (κ3) is 5.34. The summed E-state index contributed by atoms with van der Waals surface area (Å²) in [5, 5.41) is 11.9. The van der Waals surface area contributed by atoms with Crippen molar-refractivity contribution in [3.05, 3.63) is 71.5 Å². The molecule has 158 valence electrons. The van der Waals surface area contributed by atoms with Crippen molar-refractivity contribution in [1.82, 2.24) is 10.2 Å². The summed E-state index contributed by atoms with van der Waals surface area (Å²) < 4.78 is 19.2. The number of benzene rings is 2. The van der Waals surface area contributed by atoms with Crippen LogP contribution in [0.25, 0.3) is 0 Å². The lowest BCUT2D eigenvalue weighted by molar-refractivity contribution is -0.142. The molecule has 2 N–H and O–H groups in total. The maximum absolute atomic E-state index is 13.9. The number of rotatable bonds is 7.